The maximum Gasteiger partial charge on any atom is 0.306 e. The van der Waals surface area contributed by atoms with Gasteiger partial charge in [0.05, 0.1) is 25.0 Å². The maximum atomic E-state index is 14.6. The summed E-state index contributed by atoms with van der Waals surface area (Å²) in [6, 6.07) is 17.3. The Morgan fingerprint density at radius 3 is 2.44 bits per heavy atom. The highest BCUT2D eigenvalue weighted by Gasteiger charge is 2.54. The van der Waals surface area contributed by atoms with Crippen molar-refractivity contribution in [1.29, 1.82) is 0 Å². The van der Waals surface area contributed by atoms with Gasteiger partial charge < -0.3 is 9.64 Å². The van der Waals surface area contributed by atoms with E-state index in [9.17, 15) is 18.0 Å². The fourth-order valence-electron chi connectivity index (χ4n) is 5.96. The molecule has 5 rings (SSSR count). The summed E-state index contributed by atoms with van der Waals surface area (Å²) >= 11 is 13.8. The van der Waals surface area contributed by atoms with Crippen LogP contribution in [-0.4, -0.2) is 44.9 Å². The lowest BCUT2D eigenvalue weighted by atomic mass is 9.67. The van der Waals surface area contributed by atoms with Crippen molar-refractivity contribution in [3.05, 3.63) is 87.2 Å². The summed E-state index contributed by atoms with van der Waals surface area (Å²) in [5, 5.41) is 2.85. The Balaban J connectivity index is 1.63. The van der Waals surface area contributed by atoms with Crippen molar-refractivity contribution in [2.45, 2.75) is 54.8 Å². The van der Waals surface area contributed by atoms with Gasteiger partial charge in [0.1, 0.15) is 4.21 Å². The van der Waals surface area contributed by atoms with Gasteiger partial charge in [0, 0.05) is 28.5 Å². The van der Waals surface area contributed by atoms with Crippen molar-refractivity contribution >= 4 is 56.4 Å². The molecule has 41 heavy (non-hydrogen) atoms. The highest BCUT2D eigenvalue weighted by atomic mass is 35.5. The summed E-state index contributed by atoms with van der Waals surface area (Å²) in [6.45, 7) is 1.85. The third kappa shape index (κ3) is 6.49. The fraction of sp³-hybridized carbons (Fsp3) is 0.400. The van der Waals surface area contributed by atoms with Crippen LogP contribution in [0.1, 0.15) is 55.7 Å². The molecule has 4 unspecified atom stereocenters. The van der Waals surface area contributed by atoms with E-state index in [-0.39, 0.29) is 34.9 Å². The first-order valence-electron chi connectivity index (χ1n) is 13.5. The molecule has 1 N–H and O–H groups in total. The molecule has 1 saturated heterocycles. The number of piperidine rings is 1. The van der Waals surface area contributed by atoms with E-state index in [1.54, 1.807) is 42.6 Å². The van der Waals surface area contributed by atoms with Gasteiger partial charge >= 0.3 is 5.97 Å². The van der Waals surface area contributed by atoms with Gasteiger partial charge in [0.2, 0.25) is 15.9 Å². The molecule has 11 heteroatoms. The van der Waals surface area contributed by atoms with Gasteiger partial charge in [-0.25, -0.2) is 13.1 Å². The Morgan fingerprint density at radius 1 is 1.10 bits per heavy atom. The number of carbonyl (C=O) groups excluding carboxylic acids is 2. The van der Waals surface area contributed by atoms with Crippen molar-refractivity contribution in [2.75, 3.05) is 13.7 Å². The molecular formula is C30H32Cl2N2O5S2. The quantitative estimate of drug-likeness (QED) is 0.259. The number of nitrogens with zero attached hydrogens (tertiary/aromatic N) is 1. The number of ether oxygens (including phenoxy) is 1. The van der Waals surface area contributed by atoms with Crippen molar-refractivity contribution < 1.29 is 22.7 Å². The van der Waals surface area contributed by atoms with E-state index in [0.717, 1.165) is 35.3 Å². The second-order valence-corrected chi connectivity index (χ2v) is 14.9. The van der Waals surface area contributed by atoms with Crippen LogP contribution < -0.4 is 4.72 Å². The molecule has 0 radical (unpaired) electrons. The van der Waals surface area contributed by atoms with Crippen LogP contribution in [0.5, 0.6) is 0 Å². The molecule has 0 bridgehead atoms. The standard InChI is InChI=1S/C30H32Cl2N2O5S2/c1-30(17-26(35)39-2)16-24(21-5-3-6-23(32)15-21)28(20-10-12-22(31)13-11-20)34(29(30)36)25(19-8-9-19)18-33-41(37,38)27-7-4-14-40-27/h3-7,10-15,19,24-25,28,33H,8-9,16-18H2,1-2H3. The molecule has 0 spiro atoms. The second-order valence-electron chi connectivity index (χ2n) is 11.1. The Kier molecular flexibility index (Phi) is 8.83. The first kappa shape index (κ1) is 30.0. The molecule has 1 aliphatic carbocycles. The number of likely N-dealkylation sites (tertiary alicyclic amines) is 1. The normalized spacial score (nSPS) is 23.8. The molecule has 1 aromatic heterocycles. The third-order valence-corrected chi connectivity index (χ3v) is 11.4. The van der Waals surface area contributed by atoms with Crippen LogP contribution in [0, 0.1) is 11.3 Å². The van der Waals surface area contributed by atoms with E-state index < -0.39 is 33.5 Å². The zero-order chi connectivity index (χ0) is 29.4. The Morgan fingerprint density at radius 2 is 1.83 bits per heavy atom. The molecule has 1 amide bonds. The third-order valence-electron chi connectivity index (χ3n) is 8.12. The molecule has 2 heterocycles. The minimum Gasteiger partial charge on any atom is -0.469 e. The predicted molar refractivity (Wildman–Crippen MR) is 161 cm³/mol. The summed E-state index contributed by atoms with van der Waals surface area (Å²) in [7, 11) is -2.45. The van der Waals surface area contributed by atoms with E-state index >= 15 is 0 Å². The van der Waals surface area contributed by atoms with Gasteiger partial charge in [0.15, 0.2) is 0 Å². The first-order valence-corrected chi connectivity index (χ1v) is 16.6. The van der Waals surface area contributed by atoms with Crippen LogP contribution in [0.15, 0.2) is 70.3 Å². The zero-order valence-corrected chi connectivity index (χ0v) is 25.9. The molecule has 7 nitrogen and oxygen atoms in total. The largest absolute Gasteiger partial charge is 0.469 e. The molecule has 1 aliphatic heterocycles. The Bertz CT molecular complexity index is 1510. The lowest BCUT2D eigenvalue weighted by molar-refractivity contribution is -0.162. The number of hydrogen-bond acceptors (Lipinski definition) is 6. The lowest BCUT2D eigenvalue weighted by Crippen LogP contribution is -2.59. The molecule has 4 atom stereocenters. The van der Waals surface area contributed by atoms with Gasteiger partial charge in [-0.05, 0) is 72.0 Å². The Hall–Kier alpha value is -2.43. The summed E-state index contributed by atoms with van der Waals surface area (Å²) in [5.74, 6) is -0.803. The SMILES string of the molecule is COC(=O)CC1(C)CC(c2cccc(Cl)c2)C(c2ccc(Cl)cc2)N(C(CNS(=O)(=O)c2cccs2)C2CC2)C1=O. The molecule has 1 saturated carbocycles. The van der Waals surface area contributed by atoms with Crippen LogP contribution >= 0.6 is 34.5 Å². The van der Waals surface area contributed by atoms with Crippen molar-refractivity contribution in [3.63, 3.8) is 0 Å². The van der Waals surface area contributed by atoms with Gasteiger partial charge in [0.25, 0.3) is 0 Å². The average molecular weight is 636 g/mol. The summed E-state index contributed by atoms with van der Waals surface area (Å²) in [6.07, 6.45) is 2.03. The number of esters is 1. The minimum atomic E-state index is -3.76. The van der Waals surface area contributed by atoms with Crippen molar-refractivity contribution in [2.24, 2.45) is 11.3 Å². The maximum absolute atomic E-state index is 14.6. The van der Waals surface area contributed by atoms with E-state index in [2.05, 4.69) is 4.72 Å². The van der Waals surface area contributed by atoms with Crippen molar-refractivity contribution in [1.82, 2.24) is 9.62 Å². The molecule has 3 aromatic rings. The van der Waals surface area contributed by atoms with Gasteiger partial charge in [-0.3, -0.25) is 9.59 Å². The van der Waals surface area contributed by atoms with Gasteiger partial charge in [-0.15, -0.1) is 11.3 Å². The molecule has 2 aromatic carbocycles. The Labute approximate surface area is 254 Å². The molecule has 2 aliphatic rings. The number of carbonyl (C=O) groups is 2. The fourth-order valence-corrected chi connectivity index (χ4v) is 8.37. The van der Waals surface area contributed by atoms with E-state index in [1.165, 1.54) is 7.11 Å². The number of nitrogens with one attached hydrogen (secondary N) is 1. The van der Waals surface area contributed by atoms with Crippen LogP contribution in [0.2, 0.25) is 10.0 Å². The van der Waals surface area contributed by atoms with E-state index in [1.807, 2.05) is 35.2 Å². The molecular weight excluding hydrogens is 603 g/mol. The number of amides is 1. The van der Waals surface area contributed by atoms with Gasteiger partial charge in [-0.1, -0.05) is 60.5 Å². The summed E-state index contributed by atoms with van der Waals surface area (Å²) in [5.41, 5.74) is 0.724. The average Bonchev–Trinajstić information content (AvgIpc) is 3.62. The highest BCUT2D eigenvalue weighted by molar-refractivity contribution is 7.91. The van der Waals surface area contributed by atoms with Crippen LogP contribution in [-0.2, 0) is 24.3 Å². The number of thiophene rings is 1. The smallest absolute Gasteiger partial charge is 0.306 e. The topological polar surface area (TPSA) is 92.8 Å². The zero-order valence-electron chi connectivity index (χ0n) is 22.8. The number of benzene rings is 2. The minimum absolute atomic E-state index is 0.0529. The lowest BCUT2D eigenvalue weighted by Gasteiger charge is -2.52. The van der Waals surface area contributed by atoms with Crippen molar-refractivity contribution in [3.8, 4) is 0 Å². The molecule has 2 fully saturated rings. The van der Waals surface area contributed by atoms with Gasteiger partial charge in [-0.2, -0.15) is 0 Å². The first-order chi connectivity index (χ1) is 19.5. The predicted octanol–water partition coefficient (Wildman–Crippen LogP) is 6.44. The van der Waals surface area contributed by atoms with E-state index in [4.69, 9.17) is 27.9 Å². The molecule has 218 valence electrons. The summed E-state index contributed by atoms with van der Waals surface area (Å²) in [4.78, 5) is 29.1. The number of halogens is 2. The van der Waals surface area contributed by atoms with Crippen LogP contribution in [0.25, 0.3) is 0 Å². The van der Waals surface area contributed by atoms with Crippen LogP contribution in [0.4, 0.5) is 0 Å². The number of rotatable bonds is 10. The highest BCUT2D eigenvalue weighted by Crippen LogP contribution is 2.54. The van der Waals surface area contributed by atoms with Crippen LogP contribution in [0.3, 0.4) is 0 Å². The number of hydrogen-bond donors (Lipinski definition) is 1. The second kappa shape index (κ2) is 12.1. The summed E-state index contributed by atoms with van der Waals surface area (Å²) < 4.78 is 34.3. The van der Waals surface area contributed by atoms with E-state index in [0.29, 0.717) is 16.5 Å². The number of sulfonamides is 1. The monoisotopic (exact) mass is 634 g/mol. The number of methoxy groups -OCH3 is 1.